The topological polar surface area (TPSA) is 110 Å². The summed E-state index contributed by atoms with van der Waals surface area (Å²) in [4.78, 5) is 27.0. The van der Waals surface area contributed by atoms with Crippen LogP contribution in [0.3, 0.4) is 0 Å². The highest BCUT2D eigenvalue weighted by atomic mass is 16.3. The summed E-state index contributed by atoms with van der Waals surface area (Å²) >= 11 is 0. The van der Waals surface area contributed by atoms with Crippen molar-refractivity contribution in [3.05, 3.63) is 18.0 Å². The molecule has 0 radical (unpaired) electrons. The molecule has 1 saturated heterocycles. The summed E-state index contributed by atoms with van der Waals surface area (Å²) < 4.78 is 0. The second-order valence-electron chi connectivity index (χ2n) is 7.70. The third kappa shape index (κ3) is 6.04. The Morgan fingerprint density at radius 1 is 1.30 bits per heavy atom. The number of aromatic nitrogens is 2. The molecular formula is C19H31N5O3. The number of H-pyrrole nitrogens is 1. The van der Waals surface area contributed by atoms with E-state index in [-0.39, 0.29) is 23.8 Å². The van der Waals surface area contributed by atoms with Gasteiger partial charge in [0.05, 0.1) is 18.3 Å². The molecule has 0 spiro atoms. The van der Waals surface area contributed by atoms with Crippen LogP contribution in [0.25, 0.3) is 0 Å². The van der Waals surface area contributed by atoms with E-state index in [4.69, 9.17) is 0 Å². The van der Waals surface area contributed by atoms with Gasteiger partial charge in [-0.3, -0.25) is 14.7 Å². The van der Waals surface area contributed by atoms with Crippen LogP contribution in [-0.2, 0) is 16.0 Å². The molecule has 2 fully saturated rings. The number of hydrogen-bond acceptors (Lipinski definition) is 5. The van der Waals surface area contributed by atoms with Gasteiger partial charge in [0.1, 0.15) is 0 Å². The van der Waals surface area contributed by atoms with Crippen molar-refractivity contribution >= 4 is 11.8 Å². The number of nitrogens with one attached hydrogen (secondary N) is 3. The van der Waals surface area contributed by atoms with Crippen molar-refractivity contribution in [2.45, 2.75) is 57.1 Å². The van der Waals surface area contributed by atoms with Crippen LogP contribution < -0.4 is 10.6 Å². The number of likely N-dealkylation sites (tertiary alicyclic amines) is 1. The van der Waals surface area contributed by atoms with Crippen molar-refractivity contribution < 1.29 is 14.7 Å². The maximum atomic E-state index is 12.5. The number of nitrogens with zero attached hydrogens (tertiary/aromatic N) is 2. The van der Waals surface area contributed by atoms with Gasteiger partial charge in [0, 0.05) is 31.6 Å². The molecule has 2 amide bonds. The molecule has 3 atom stereocenters. The van der Waals surface area contributed by atoms with E-state index < -0.39 is 6.10 Å². The molecule has 1 aromatic heterocycles. The van der Waals surface area contributed by atoms with Crippen LogP contribution >= 0.6 is 0 Å². The molecule has 3 rings (SSSR count). The lowest BCUT2D eigenvalue weighted by atomic mass is 9.83. The van der Waals surface area contributed by atoms with E-state index in [1.54, 1.807) is 12.4 Å². The summed E-state index contributed by atoms with van der Waals surface area (Å²) in [5, 5.41) is 22.7. The average Bonchev–Trinajstić information content (AvgIpc) is 3.35. The van der Waals surface area contributed by atoms with Crippen LogP contribution in [0.1, 0.15) is 44.1 Å². The normalized spacial score (nSPS) is 26.0. The molecule has 150 valence electrons. The number of carbonyl (C=O) groups excluding carboxylic acids is 2. The Labute approximate surface area is 160 Å². The third-order valence-corrected chi connectivity index (χ3v) is 5.65. The van der Waals surface area contributed by atoms with Gasteiger partial charge in [-0.2, -0.15) is 5.10 Å². The van der Waals surface area contributed by atoms with Crippen LogP contribution in [0.5, 0.6) is 0 Å². The summed E-state index contributed by atoms with van der Waals surface area (Å²) in [6, 6.07) is -0.357. The maximum Gasteiger partial charge on any atom is 0.223 e. The predicted octanol–water partition coefficient (Wildman–Crippen LogP) is 0.200. The van der Waals surface area contributed by atoms with Gasteiger partial charge in [-0.15, -0.1) is 0 Å². The SMILES string of the molecule is O=C(CCc1cn[nH]c1)N[C@@H]1C[C@@H](C(=O)NCCN2CCCC2)CC[C@H]1O. The van der Waals surface area contributed by atoms with E-state index in [0.717, 1.165) is 25.2 Å². The molecule has 0 unspecified atom stereocenters. The molecule has 1 aliphatic heterocycles. The largest absolute Gasteiger partial charge is 0.391 e. The predicted molar refractivity (Wildman–Crippen MR) is 101 cm³/mol. The van der Waals surface area contributed by atoms with E-state index in [1.165, 1.54) is 12.8 Å². The number of aliphatic hydroxyl groups excluding tert-OH is 1. The fraction of sp³-hybridized carbons (Fsp3) is 0.737. The summed E-state index contributed by atoms with van der Waals surface area (Å²) in [5.41, 5.74) is 0.976. The second kappa shape index (κ2) is 9.85. The fourth-order valence-electron chi connectivity index (χ4n) is 3.99. The first-order chi connectivity index (χ1) is 13.1. The Bertz CT molecular complexity index is 600. The summed E-state index contributed by atoms with van der Waals surface area (Å²) in [6.07, 6.45) is 8.02. The minimum absolute atomic E-state index is 0.0405. The van der Waals surface area contributed by atoms with Crippen LogP contribution in [0.2, 0.25) is 0 Å². The molecule has 8 nitrogen and oxygen atoms in total. The fourth-order valence-corrected chi connectivity index (χ4v) is 3.99. The molecule has 1 aliphatic carbocycles. The van der Waals surface area contributed by atoms with Gasteiger partial charge in [0.15, 0.2) is 0 Å². The maximum absolute atomic E-state index is 12.5. The number of amides is 2. The molecule has 27 heavy (non-hydrogen) atoms. The molecule has 2 aliphatic rings. The van der Waals surface area contributed by atoms with Crippen LogP contribution in [-0.4, -0.2) is 70.3 Å². The van der Waals surface area contributed by atoms with Crippen LogP contribution in [0.4, 0.5) is 0 Å². The molecule has 0 aromatic carbocycles. The van der Waals surface area contributed by atoms with Crippen LogP contribution in [0.15, 0.2) is 12.4 Å². The van der Waals surface area contributed by atoms with Gasteiger partial charge >= 0.3 is 0 Å². The van der Waals surface area contributed by atoms with E-state index in [0.29, 0.717) is 38.6 Å². The minimum Gasteiger partial charge on any atom is -0.391 e. The van der Waals surface area contributed by atoms with Crippen molar-refractivity contribution in [1.29, 1.82) is 0 Å². The molecular weight excluding hydrogens is 346 g/mol. The number of aromatic amines is 1. The van der Waals surface area contributed by atoms with Gasteiger partial charge < -0.3 is 20.6 Å². The van der Waals surface area contributed by atoms with Crippen molar-refractivity contribution in [2.24, 2.45) is 5.92 Å². The van der Waals surface area contributed by atoms with E-state index in [2.05, 4.69) is 25.7 Å². The highest BCUT2D eigenvalue weighted by Crippen LogP contribution is 2.25. The van der Waals surface area contributed by atoms with Gasteiger partial charge in [-0.25, -0.2) is 0 Å². The first-order valence-corrected chi connectivity index (χ1v) is 10.1. The smallest absolute Gasteiger partial charge is 0.223 e. The minimum atomic E-state index is -0.587. The Morgan fingerprint density at radius 2 is 2.11 bits per heavy atom. The number of aryl methyl sites for hydroxylation is 1. The Hall–Kier alpha value is -1.93. The number of rotatable bonds is 8. The van der Waals surface area contributed by atoms with Crippen molar-refractivity contribution in [3.63, 3.8) is 0 Å². The van der Waals surface area contributed by atoms with Gasteiger partial charge in [0.25, 0.3) is 0 Å². The monoisotopic (exact) mass is 377 g/mol. The highest BCUT2D eigenvalue weighted by molar-refractivity contribution is 5.79. The van der Waals surface area contributed by atoms with Crippen molar-refractivity contribution in [1.82, 2.24) is 25.7 Å². The van der Waals surface area contributed by atoms with Crippen LogP contribution in [0, 0.1) is 5.92 Å². The zero-order chi connectivity index (χ0) is 19.1. The first-order valence-electron chi connectivity index (χ1n) is 10.1. The quantitative estimate of drug-likeness (QED) is 0.517. The van der Waals surface area contributed by atoms with E-state index in [1.807, 2.05) is 0 Å². The lowest BCUT2D eigenvalue weighted by Gasteiger charge is -2.33. The molecule has 0 bridgehead atoms. The summed E-state index contributed by atoms with van der Waals surface area (Å²) in [6.45, 7) is 3.81. The number of aliphatic hydroxyl groups is 1. The average molecular weight is 377 g/mol. The molecule has 2 heterocycles. The summed E-state index contributed by atoms with van der Waals surface area (Å²) in [7, 11) is 0. The number of hydrogen-bond donors (Lipinski definition) is 4. The zero-order valence-electron chi connectivity index (χ0n) is 15.8. The Kier molecular flexibility index (Phi) is 7.23. The van der Waals surface area contributed by atoms with E-state index >= 15 is 0 Å². The lowest BCUT2D eigenvalue weighted by molar-refractivity contribution is -0.129. The van der Waals surface area contributed by atoms with Gasteiger partial charge in [0.2, 0.25) is 11.8 Å². The van der Waals surface area contributed by atoms with Gasteiger partial charge in [-0.1, -0.05) is 0 Å². The lowest BCUT2D eigenvalue weighted by Crippen LogP contribution is -2.50. The van der Waals surface area contributed by atoms with E-state index in [9.17, 15) is 14.7 Å². The Morgan fingerprint density at radius 3 is 2.85 bits per heavy atom. The van der Waals surface area contributed by atoms with Gasteiger partial charge in [-0.05, 0) is 57.2 Å². The standard InChI is InChI=1S/C19H31N5O3/c25-17-5-4-15(19(27)20-7-10-24-8-1-2-9-24)11-16(17)23-18(26)6-3-14-12-21-22-13-14/h12-13,15-17,25H,1-11H2,(H,20,27)(H,21,22)(H,23,26)/t15-,16+,17+/m0/s1. The zero-order valence-corrected chi connectivity index (χ0v) is 15.8. The molecule has 8 heteroatoms. The third-order valence-electron chi connectivity index (χ3n) is 5.65. The van der Waals surface area contributed by atoms with Crippen molar-refractivity contribution in [3.8, 4) is 0 Å². The Balaban J connectivity index is 1.39. The number of carbonyl (C=O) groups is 2. The highest BCUT2D eigenvalue weighted by Gasteiger charge is 2.33. The molecule has 1 saturated carbocycles. The van der Waals surface area contributed by atoms with Crippen molar-refractivity contribution in [2.75, 3.05) is 26.2 Å². The second-order valence-corrected chi connectivity index (χ2v) is 7.70. The first kappa shape index (κ1) is 19.8. The molecule has 1 aromatic rings. The molecule has 4 N–H and O–H groups in total. The summed E-state index contributed by atoms with van der Waals surface area (Å²) in [5.74, 6) is -0.208.